The minimum absolute atomic E-state index is 0.155. The van der Waals surface area contributed by atoms with Gasteiger partial charge in [0.1, 0.15) is 5.82 Å². The average Bonchev–Trinajstić information content (AvgIpc) is 2.93. The maximum absolute atomic E-state index is 13.4. The molecule has 0 aliphatic carbocycles. The normalized spacial score (nSPS) is 13.3. The number of hydrogen-bond acceptors (Lipinski definition) is 4. The van der Waals surface area contributed by atoms with E-state index in [0.29, 0.717) is 11.1 Å². The van der Waals surface area contributed by atoms with Crippen molar-refractivity contribution in [1.29, 1.82) is 0 Å². The van der Waals surface area contributed by atoms with Gasteiger partial charge in [-0.05, 0) is 47.0 Å². The van der Waals surface area contributed by atoms with Gasteiger partial charge in [-0.1, -0.05) is 6.07 Å². The Morgan fingerprint density at radius 1 is 1.40 bits per heavy atom. The summed E-state index contributed by atoms with van der Waals surface area (Å²) in [6.07, 6.45) is -0.925. The molecule has 2 aromatic rings. The molecule has 7 heteroatoms. The molecule has 1 atom stereocenters. The van der Waals surface area contributed by atoms with Gasteiger partial charge in [0.2, 0.25) is 10.0 Å². The fourth-order valence-electron chi connectivity index (χ4n) is 1.60. The number of halogens is 1. The van der Waals surface area contributed by atoms with E-state index >= 15 is 0 Å². The second-order valence-electron chi connectivity index (χ2n) is 4.34. The van der Waals surface area contributed by atoms with Gasteiger partial charge >= 0.3 is 0 Å². The van der Waals surface area contributed by atoms with Crippen molar-refractivity contribution in [1.82, 2.24) is 4.72 Å². The highest BCUT2D eigenvalue weighted by Gasteiger charge is 2.18. The standard InChI is InChI=1S/C13H14FNO3S2/c1-9-2-3-11(6-12(9)14)20(17,18)15-7-13(16)10-4-5-19-8-10/h2-6,8,13,15-16H,7H2,1H3. The minimum Gasteiger partial charge on any atom is -0.387 e. The molecule has 2 rings (SSSR count). The molecule has 0 spiro atoms. The summed E-state index contributed by atoms with van der Waals surface area (Å²) in [5, 5.41) is 13.4. The number of sulfonamides is 1. The molecule has 0 fully saturated rings. The molecule has 0 aliphatic rings. The van der Waals surface area contributed by atoms with E-state index in [1.807, 2.05) is 0 Å². The zero-order valence-corrected chi connectivity index (χ0v) is 12.3. The molecular formula is C13H14FNO3S2. The Balaban J connectivity index is 2.09. The molecule has 108 valence electrons. The predicted octanol–water partition coefficient (Wildman–Crippen LogP) is 2.21. The Bertz CT molecular complexity index is 684. The van der Waals surface area contributed by atoms with Crippen LogP contribution in [0.1, 0.15) is 17.2 Å². The van der Waals surface area contributed by atoms with Crippen molar-refractivity contribution in [2.45, 2.75) is 17.9 Å². The van der Waals surface area contributed by atoms with Crippen LogP contribution in [0.15, 0.2) is 39.9 Å². The molecule has 1 aromatic heterocycles. The largest absolute Gasteiger partial charge is 0.387 e. The molecule has 1 unspecified atom stereocenters. The van der Waals surface area contributed by atoms with Crippen LogP contribution in [0.4, 0.5) is 4.39 Å². The number of thiophene rings is 1. The van der Waals surface area contributed by atoms with Crippen molar-refractivity contribution in [2.75, 3.05) is 6.54 Å². The second-order valence-corrected chi connectivity index (χ2v) is 6.88. The van der Waals surface area contributed by atoms with E-state index in [2.05, 4.69) is 4.72 Å². The fourth-order valence-corrected chi connectivity index (χ4v) is 3.35. The number of aliphatic hydroxyl groups is 1. The number of aliphatic hydroxyl groups excluding tert-OH is 1. The van der Waals surface area contributed by atoms with Crippen molar-refractivity contribution in [3.05, 3.63) is 52.0 Å². The SMILES string of the molecule is Cc1ccc(S(=O)(=O)NCC(O)c2ccsc2)cc1F. The van der Waals surface area contributed by atoms with Crippen molar-refractivity contribution in [3.63, 3.8) is 0 Å². The van der Waals surface area contributed by atoms with Gasteiger partial charge in [0.05, 0.1) is 11.0 Å². The third-order valence-corrected chi connectivity index (χ3v) is 4.97. The van der Waals surface area contributed by atoms with Crippen LogP contribution in [0, 0.1) is 12.7 Å². The lowest BCUT2D eigenvalue weighted by Crippen LogP contribution is -2.28. The van der Waals surface area contributed by atoms with Crippen molar-refractivity contribution in [2.24, 2.45) is 0 Å². The van der Waals surface area contributed by atoms with Crippen LogP contribution in [0.3, 0.4) is 0 Å². The second kappa shape index (κ2) is 6.01. The molecule has 0 aliphatic heterocycles. The molecule has 1 aromatic carbocycles. The van der Waals surface area contributed by atoms with Gasteiger partial charge in [-0.25, -0.2) is 17.5 Å². The first kappa shape index (κ1) is 15.1. The van der Waals surface area contributed by atoms with E-state index < -0.39 is 21.9 Å². The van der Waals surface area contributed by atoms with Gasteiger partial charge in [-0.2, -0.15) is 11.3 Å². The maximum atomic E-state index is 13.4. The number of aryl methyl sites for hydroxylation is 1. The highest BCUT2D eigenvalue weighted by Crippen LogP contribution is 2.17. The Labute approximate surface area is 120 Å². The third kappa shape index (κ3) is 3.43. The van der Waals surface area contributed by atoms with Gasteiger partial charge in [0.25, 0.3) is 0 Å². The summed E-state index contributed by atoms with van der Waals surface area (Å²) >= 11 is 1.41. The Kier molecular flexibility index (Phi) is 4.54. The fraction of sp³-hybridized carbons (Fsp3) is 0.231. The summed E-state index contributed by atoms with van der Waals surface area (Å²) in [6, 6.07) is 5.42. The Morgan fingerprint density at radius 3 is 2.75 bits per heavy atom. The molecule has 20 heavy (non-hydrogen) atoms. The van der Waals surface area contributed by atoms with Crippen molar-refractivity contribution >= 4 is 21.4 Å². The number of nitrogens with one attached hydrogen (secondary N) is 1. The molecule has 0 saturated carbocycles. The van der Waals surface area contributed by atoms with E-state index in [1.165, 1.54) is 23.5 Å². The van der Waals surface area contributed by atoms with E-state index in [-0.39, 0.29) is 11.4 Å². The van der Waals surface area contributed by atoms with Crippen LogP contribution in [-0.4, -0.2) is 20.1 Å². The summed E-state index contributed by atoms with van der Waals surface area (Å²) in [5.74, 6) is -0.578. The lowest BCUT2D eigenvalue weighted by molar-refractivity contribution is 0.182. The van der Waals surface area contributed by atoms with Crippen LogP contribution < -0.4 is 4.72 Å². The first-order chi connectivity index (χ1) is 9.40. The van der Waals surface area contributed by atoms with Crippen LogP contribution in [-0.2, 0) is 10.0 Å². The van der Waals surface area contributed by atoms with Crippen LogP contribution in [0.25, 0.3) is 0 Å². The third-order valence-electron chi connectivity index (χ3n) is 2.85. The summed E-state index contributed by atoms with van der Waals surface area (Å²) in [6.45, 7) is 1.40. The van der Waals surface area contributed by atoms with Gasteiger partial charge in [0.15, 0.2) is 0 Å². The lowest BCUT2D eigenvalue weighted by atomic mass is 10.2. The summed E-state index contributed by atoms with van der Waals surface area (Å²) in [5.41, 5.74) is 1.02. The lowest BCUT2D eigenvalue weighted by Gasteiger charge is -2.11. The Morgan fingerprint density at radius 2 is 2.15 bits per heavy atom. The predicted molar refractivity (Wildman–Crippen MR) is 75.6 cm³/mol. The minimum atomic E-state index is -3.83. The highest BCUT2D eigenvalue weighted by atomic mass is 32.2. The molecule has 0 bridgehead atoms. The number of hydrogen-bond donors (Lipinski definition) is 2. The van der Waals surface area contributed by atoms with Crippen LogP contribution in [0.2, 0.25) is 0 Å². The summed E-state index contributed by atoms with van der Waals surface area (Å²) in [7, 11) is -3.83. The monoisotopic (exact) mass is 315 g/mol. The quantitative estimate of drug-likeness (QED) is 0.889. The molecular weight excluding hydrogens is 301 g/mol. The number of benzene rings is 1. The van der Waals surface area contributed by atoms with E-state index in [9.17, 15) is 17.9 Å². The number of rotatable bonds is 5. The Hall–Kier alpha value is -1.28. The van der Waals surface area contributed by atoms with E-state index in [0.717, 1.165) is 6.07 Å². The first-order valence-electron chi connectivity index (χ1n) is 5.86. The summed E-state index contributed by atoms with van der Waals surface area (Å²) < 4.78 is 39.6. The maximum Gasteiger partial charge on any atom is 0.240 e. The first-order valence-corrected chi connectivity index (χ1v) is 8.29. The van der Waals surface area contributed by atoms with Crippen molar-refractivity contribution in [3.8, 4) is 0 Å². The molecule has 0 saturated heterocycles. The molecule has 0 amide bonds. The van der Waals surface area contributed by atoms with Crippen LogP contribution in [0.5, 0.6) is 0 Å². The van der Waals surface area contributed by atoms with Crippen molar-refractivity contribution < 1.29 is 17.9 Å². The van der Waals surface area contributed by atoms with Gasteiger partial charge in [-0.3, -0.25) is 0 Å². The van der Waals surface area contributed by atoms with Gasteiger partial charge < -0.3 is 5.11 Å². The average molecular weight is 315 g/mol. The van der Waals surface area contributed by atoms with E-state index in [4.69, 9.17) is 0 Å². The zero-order valence-electron chi connectivity index (χ0n) is 10.7. The molecule has 4 nitrogen and oxygen atoms in total. The topological polar surface area (TPSA) is 66.4 Å². The van der Waals surface area contributed by atoms with Crippen LogP contribution >= 0.6 is 11.3 Å². The highest BCUT2D eigenvalue weighted by molar-refractivity contribution is 7.89. The van der Waals surface area contributed by atoms with Gasteiger partial charge in [-0.15, -0.1) is 0 Å². The van der Waals surface area contributed by atoms with Gasteiger partial charge in [0, 0.05) is 6.54 Å². The molecule has 1 heterocycles. The smallest absolute Gasteiger partial charge is 0.240 e. The molecule has 2 N–H and O–H groups in total. The van der Waals surface area contributed by atoms with E-state index in [1.54, 1.807) is 23.8 Å². The molecule has 0 radical (unpaired) electrons. The summed E-state index contributed by atoms with van der Waals surface area (Å²) in [4.78, 5) is -0.155. The zero-order chi connectivity index (χ0) is 14.8.